The first kappa shape index (κ1) is 16.5. The number of piperidine rings is 1. The summed E-state index contributed by atoms with van der Waals surface area (Å²) in [6.07, 6.45) is 5.98. The Hall–Kier alpha value is -0.880. The molecule has 0 atom stereocenters. The number of carbonyl (C=O) groups is 1. The van der Waals surface area contributed by atoms with Crippen LogP contribution in [0.3, 0.4) is 0 Å². The first-order valence-electron chi connectivity index (χ1n) is 7.42. The van der Waals surface area contributed by atoms with Gasteiger partial charge in [-0.1, -0.05) is 0 Å². The van der Waals surface area contributed by atoms with Gasteiger partial charge in [0.15, 0.2) is 0 Å². The molecule has 1 aromatic heterocycles. The molecule has 1 fully saturated rings. The fraction of sp³-hybridized carbons (Fsp3) is 0.733. The minimum Gasteiger partial charge on any atom is -0.353 e. The highest BCUT2D eigenvalue weighted by atomic mass is 79.9. The van der Waals surface area contributed by atoms with Gasteiger partial charge >= 0.3 is 0 Å². The summed E-state index contributed by atoms with van der Waals surface area (Å²) in [6.45, 7) is 9.36. The molecule has 1 aliphatic heterocycles. The third-order valence-corrected chi connectivity index (χ3v) is 4.13. The number of amides is 1. The molecule has 1 saturated heterocycles. The maximum atomic E-state index is 12.1. The molecule has 0 spiro atoms. The average molecular weight is 357 g/mol. The van der Waals surface area contributed by atoms with Crippen LogP contribution in [0.15, 0.2) is 16.9 Å². The standard InChI is InChI=1S/C15H25BrN4O/c1-14(2)7-12(8-15(3,4)19-14)18-13(21)5-6-20-10-11(16)9-17-20/h9-10,12,19H,5-8H2,1-4H3,(H,18,21). The SMILES string of the molecule is CC1(C)CC(NC(=O)CCn2cc(Br)cn2)CC(C)(C)N1. The van der Waals surface area contributed by atoms with Gasteiger partial charge in [0.25, 0.3) is 0 Å². The predicted molar refractivity (Wildman–Crippen MR) is 87.0 cm³/mol. The number of nitrogens with zero attached hydrogens (tertiary/aromatic N) is 2. The van der Waals surface area contributed by atoms with Crippen LogP contribution in [0, 0.1) is 0 Å². The van der Waals surface area contributed by atoms with E-state index in [0.29, 0.717) is 13.0 Å². The van der Waals surface area contributed by atoms with Crippen molar-refractivity contribution in [2.75, 3.05) is 0 Å². The van der Waals surface area contributed by atoms with E-state index >= 15 is 0 Å². The van der Waals surface area contributed by atoms with Crippen molar-refractivity contribution in [1.82, 2.24) is 20.4 Å². The van der Waals surface area contributed by atoms with Gasteiger partial charge in [0.2, 0.25) is 5.91 Å². The molecule has 2 N–H and O–H groups in total. The Labute approximate surface area is 135 Å². The molecule has 1 aliphatic rings. The lowest BCUT2D eigenvalue weighted by molar-refractivity contribution is -0.122. The van der Waals surface area contributed by atoms with Gasteiger partial charge in [0.05, 0.1) is 10.7 Å². The third-order valence-electron chi connectivity index (χ3n) is 3.73. The van der Waals surface area contributed by atoms with E-state index in [1.54, 1.807) is 10.9 Å². The van der Waals surface area contributed by atoms with E-state index in [4.69, 9.17) is 0 Å². The summed E-state index contributed by atoms with van der Waals surface area (Å²) in [5.41, 5.74) is 0.0963. The molecule has 21 heavy (non-hydrogen) atoms. The van der Waals surface area contributed by atoms with Gasteiger partial charge in [-0.2, -0.15) is 5.10 Å². The first-order valence-corrected chi connectivity index (χ1v) is 8.21. The van der Waals surface area contributed by atoms with Gasteiger partial charge in [-0.15, -0.1) is 0 Å². The van der Waals surface area contributed by atoms with Crippen molar-refractivity contribution in [1.29, 1.82) is 0 Å². The monoisotopic (exact) mass is 356 g/mol. The number of aromatic nitrogens is 2. The minimum atomic E-state index is 0.0482. The number of hydrogen-bond donors (Lipinski definition) is 2. The zero-order chi connectivity index (χ0) is 15.7. The van der Waals surface area contributed by atoms with Gasteiger partial charge in [0, 0.05) is 36.3 Å². The van der Waals surface area contributed by atoms with E-state index in [2.05, 4.69) is 59.4 Å². The summed E-state index contributed by atoms with van der Waals surface area (Å²) in [5.74, 6) is 0.0973. The molecule has 6 heteroatoms. The molecule has 1 amide bonds. The van der Waals surface area contributed by atoms with E-state index in [1.165, 1.54) is 0 Å². The average Bonchev–Trinajstić information content (AvgIpc) is 2.68. The second-order valence-corrected chi connectivity index (χ2v) is 8.15. The highest BCUT2D eigenvalue weighted by Crippen LogP contribution is 2.28. The van der Waals surface area contributed by atoms with Crippen LogP contribution in [-0.2, 0) is 11.3 Å². The van der Waals surface area contributed by atoms with E-state index in [9.17, 15) is 4.79 Å². The highest BCUT2D eigenvalue weighted by Gasteiger charge is 2.37. The summed E-state index contributed by atoms with van der Waals surface area (Å²) in [5, 5.41) is 11.0. The lowest BCUT2D eigenvalue weighted by Crippen LogP contribution is -2.62. The molecular weight excluding hydrogens is 332 g/mol. The normalized spacial score (nSPS) is 21.2. The highest BCUT2D eigenvalue weighted by molar-refractivity contribution is 9.10. The van der Waals surface area contributed by atoms with Crippen LogP contribution in [-0.4, -0.2) is 32.8 Å². The maximum absolute atomic E-state index is 12.1. The molecule has 0 unspecified atom stereocenters. The van der Waals surface area contributed by atoms with Crippen molar-refractivity contribution in [2.24, 2.45) is 0 Å². The second kappa shape index (κ2) is 6.08. The van der Waals surface area contributed by atoms with Crippen molar-refractivity contribution in [3.8, 4) is 0 Å². The molecule has 2 rings (SSSR count). The summed E-state index contributed by atoms with van der Waals surface area (Å²) in [4.78, 5) is 12.1. The molecule has 0 radical (unpaired) electrons. The molecule has 0 saturated carbocycles. The number of aryl methyl sites for hydroxylation is 1. The van der Waals surface area contributed by atoms with Crippen molar-refractivity contribution in [3.05, 3.63) is 16.9 Å². The molecule has 118 valence electrons. The Morgan fingerprint density at radius 1 is 1.43 bits per heavy atom. The Morgan fingerprint density at radius 2 is 2.05 bits per heavy atom. The van der Waals surface area contributed by atoms with Crippen LogP contribution in [0.4, 0.5) is 0 Å². The van der Waals surface area contributed by atoms with E-state index in [0.717, 1.165) is 17.3 Å². The van der Waals surface area contributed by atoms with Crippen molar-refractivity contribution in [2.45, 2.75) is 70.6 Å². The number of hydrogen-bond acceptors (Lipinski definition) is 3. The first-order chi connectivity index (χ1) is 9.65. The van der Waals surface area contributed by atoms with Gasteiger partial charge in [-0.3, -0.25) is 9.48 Å². The lowest BCUT2D eigenvalue weighted by atomic mass is 9.79. The van der Waals surface area contributed by atoms with Crippen LogP contribution in [0.25, 0.3) is 0 Å². The number of carbonyl (C=O) groups excluding carboxylic acids is 1. The van der Waals surface area contributed by atoms with Crippen LogP contribution < -0.4 is 10.6 Å². The zero-order valence-electron chi connectivity index (χ0n) is 13.2. The fourth-order valence-corrected chi connectivity index (χ4v) is 3.73. The van der Waals surface area contributed by atoms with Gasteiger partial charge in [-0.25, -0.2) is 0 Å². The Morgan fingerprint density at radius 3 is 2.57 bits per heavy atom. The summed E-state index contributed by atoms with van der Waals surface area (Å²) < 4.78 is 2.71. The van der Waals surface area contributed by atoms with Gasteiger partial charge < -0.3 is 10.6 Å². The van der Waals surface area contributed by atoms with E-state index < -0.39 is 0 Å². The van der Waals surface area contributed by atoms with E-state index in [1.807, 2.05) is 6.20 Å². The maximum Gasteiger partial charge on any atom is 0.222 e. The summed E-state index contributed by atoms with van der Waals surface area (Å²) in [6, 6.07) is 0.230. The lowest BCUT2D eigenvalue weighted by Gasteiger charge is -2.46. The molecule has 1 aromatic rings. The number of rotatable bonds is 4. The molecule has 0 aromatic carbocycles. The number of nitrogens with one attached hydrogen (secondary N) is 2. The number of halogens is 1. The van der Waals surface area contributed by atoms with Crippen molar-refractivity contribution < 1.29 is 4.79 Å². The van der Waals surface area contributed by atoms with Gasteiger partial charge in [0.1, 0.15) is 0 Å². The molecule has 2 heterocycles. The van der Waals surface area contributed by atoms with Crippen molar-refractivity contribution in [3.63, 3.8) is 0 Å². The Bertz CT molecular complexity index is 494. The Balaban J connectivity index is 1.84. The zero-order valence-corrected chi connectivity index (χ0v) is 14.8. The quantitative estimate of drug-likeness (QED) is 0.870. The molecule has 5 nitrogen and oxygen atoms in total. The largest absolute Gasteiger partial charge is 0.353 e. The predicted octanol–water partition coefficient (Wildman–Crippen LogP) is 2.46. The molecular formula is C15H25BrN4O. The molecule has 0 bridgehead atoms. The van der Waals surface area contributed by atoms with Crippen LogP contribution in [0.5, 0.6) is 0 Å². The van der Waals surface area contributed by atoms with E-state index in [-0.39, 0.29) is 23.0 Å². The summed E-state index contributed by atoms with van der Waals surface area (Å²) >= 11 is 3.35. The van der Waals surface area contributed by atoms with Crippen LogP contribution in [0.1, 0.15) is 47.0 Å². The minimum absolute atomic E-state index is 0.0482. The Kier molecular flexibility index (Phi) is 4.78. The molecule has 0 aliphatic carbocycles. The fourth-order valence-electron chi connectivity index (χ4n) is 3.40. The van der Waals surface area contributed by atoms with Crippen LogP contribution >= 0.6 is 15.9 Å². The van der Waals surface area contributed by atoms with Crippen LogP contribution in [0.2, 0.25) is 0 Å². The van der Waals surface area contributed by atoms with Gasteiger partial charge in [-0.05, 0) is 56.5 Å². The topological polar surface area (TPSA) is 59.0 Å². The smallest absolute Gasteiger partial charge is 0.222 e. The van der Waals surface area contributed by atoms with Crippen molar-refractivity contribution >= 4 is 21.8 Å². The third kappa shape index (κ3) is 5.11. The second-order valence-electron chi connectivity index (χ2n) is 7.24. The summed E-state index contributed by atoms with van der Waals surface area (Å²) in [7, 11) is 0.